The Morgan fingerprint density at radius 1 is 1.06 bits per heavy atom. The topological polar surface area (TPSA) is 86.8 Å². The van der Waals surface area contributed by atoms with Crippen molar-refractivity contribution in [3.8, 4) is 0 Å². The molecule has 186 valence electrons. The normalized spacial score (nSPS) is 12.4. The Morgan fingerprint density at radius 3 is 2.21 bits per heavy atom. The summed E-state index contributed by atoms with van der Waals surface area (Å²) in [6.45, 7) is 6.82. The van der Waals surface area contributed by atoms with E-state index in [-0.39, 0.29) is 18.5 Å². The first-order valence-electron chi connectivity index (χ1n) is 10.9. The molecule has 2 amide bonds. The van der Waals surface area contributed by atoms with Gasteiger partial charge in [-0.1, -0.05) is 48.3 Å². The molecule has 0 aliphatic carbocycles. The van der Waals surface area contributed by atoms with Gasteiger partial charge < -0.3 is 10.2 Å². The molecule has 1 N–H and O–H groups in total. The molecule has 2 rings (SSSR count). The van der Waals surface area contributed by atoms with Crippen molar-refractivity contribution < 1.29 is 18.0 Å². The first kappa shape index (κ1) is 28.0. The minimum atomic E-state index is -3.83. The van der Waals surface area contributed by atoms with Gasteiger partial charge in [0.15, 0.2) is 0 Å². The molecular weight excluding hydrogens is 497 g/mol. The molecule has 1 atom stereocenters. The lowest BCUT2D eigenvalue weighted by Crippen LogP contribution is -2.53. The molecule has 10 heteroatoms. The van der Waals surface area contributed by atoms with Gasteiger partial charge in [-0.05, 0) is 62.6 Å². The van der Waals surface area contributed by atoms with Crippen LogP contribution in [0.2, 0.25) is 10.0 Å². The van der Waals surface area contributed by atoms with Gasteiger partial charge in [0.2, 0.25) is 21.8 Å². The average molecular weight is 529 g/mol. The number of hydrogen-bond acceptors (Lipinski definition) is 4. The van der Waals surface area contributed by atoms with E-state index >= 15 is 0 Å². The van der Waals surface area contributed by atoms with E-state index in [4.69, 9.17) is 23.2 Å². The van der Waals surface area contributed by atoms with Gasteiger partial charge in [-0.15, -0.1) is 0 Å². The summed E-state index contributed by atoms with van der Waals surface area (Å²) in [7, 11) is -3.83. The number of carbonyl (C=O) groups is 2. The fraction of sp³-hybridized carbons (Fsp3) is 0.417. The first-order chi connectivity index (χ1) is 15.8. The van der Waals surface area contributed by atoms with Crippen molar-refractivity contribution in [2.45, 2.75) is 52.7 Å². The van der Waals surface area contributed by atoms with Crippen LogP contribution in [0.1, 0.15) is 38.3 Å². The van der Waals surface area contributed by atoms with Crippen molar-refractivity contribution in [3.05, 3.63) is 63.6 Å². The maximum absolute atomic E-state index is 13.6. The maximum atomic E-state index is 13.6. The minimum Gasteiger partial charge on any atom is -0.352 e. The molecule has 0 saturated heterocycles. The van der Waals surface area contributed by atoms with Crippen LogP contribution in [0.3, 0.4) is 0 Å². The van der Waals surface area contributed by atoms with Crippen LogP contribution in [-0.2, 0) is 26.2 Å². The summed E-state index contributed by atoms with van der Waals surface area (Å²) in [6.07, 6.45) is 1.39. The van der Waals surface area contributed by atoms with Crippen LogP contribution in [0.15, 0.2) is 42.5 Å². The summed E-state index contributed by atoms with van der Waals surface area (Å²) in [5.74, 6) is -0.810. The second-order valence-electron chi connectivity index (χ2n) is 8.39. The highest BCUT2D eigenvalue weighted by Gasteiger charge is 2.32. The van der Waals surface area contributed by atoms with Gasteiger partial charge in [0, 0.05) is 22.6 Å². The lowest BCUT2D eigenvalue weighted by molar-refractivity contribution is -0.140. The van der Waals surface area contributed by atoms with Crippen LogP contribution >= 0.6 is 23.2 Å². The van der Waals surface area contributed by atoms with Crippen molar-refractivity contribution in [2.75, 3.05) is 17.1 Å². The Bertz CT molecular complexity index is 1120. The summed E-state index contributed by atoms with van der Waals surface area (Å²) >= 11 is 12.2. The quantitative estimate of drug-likeness (QED) is 0.495. The van der Waals surface area contributed by atoms with Gasteiger partial charge in [-0.3, -0.25) is 13.9 Å². The number of nitrogens with zero attached hydrogens (tertiary/aromatic N) is 2. The summed E-state index contributed by atoms with van der Waals surface area (Å²) in [5.41, 5.74) is 1.61. The highest BCUT2D eigenvalue weighted by molar-refractivity contribution is 7.92. The highest BCUT2D eigenvalue weighted by Crippen LogP contribution is 2.28. The Balaban J connectivity index is 2.48. The van der Waals surface area contributed by atoms with E-state index in [9.17, 15) is 18.0 Å². The fourth-order valence-electron chi connectivity index (χ4n) is 3.55. The molecule has 34 heavy (non-hydrogen) atoms. The van der Waals surface area contributed by atoms with E-state index in [0.29, 0.717) is 27.7 Å². The van der Waals surface area contributed by atoms with E-state index in [1.807, 2.05) is 20.8 Å². The third-order valence-corrected chi connectivity index (χ3v) is 7.06. The van der Waals surface area contributed by atoms with E-state index < -0.39 is 28.5 Å². The summed E-state index contributed by atoms with van der Waals surface area (Å²) < 4.78 is 26.4. The van der Waals surface area contributed by atoms with Gasteiger partial charge in [0.1, 0.15) is 12.6 Å². The smallest absolute Gasteiger partial charge is 0.244 e. The van der Waals surface area contributed by atoms with Crippen molar-refractivity contribution in [1.29, 1.82) is 0 Å². The number of anilines is 1. The SMILES string of the molecule is CC[C@@H](C(=O)NC(C)C)N(Cc1ccc(Cl)cc1)C(=O)CN(c1cccc(Cl)c1C)S(C)(=O)=O. The van der Waals surface area contributed by atoms with Gasteiger partial charge in [0.25, 0.3) is 0 Å². The van der Waals surface area contributed by atoms with Crippen molar-refractivity contribution in [2.24, 2.45) is 0 Å². The van der Waals surface area contributed by atoms with Crippen molar-refractivity contribution >= 4 is 50.7 Å². The zero-order chi connectivity index (χ0) is 25.6. The number of hydrogen-bond donors (Lipinski definition) is 1. The second kappa shape index (κ2) is 11.9. The number of amides is 2. The molecule has 0 aliphatic heterocycles. The third kappa shape index (κ3) is 7.35. The van der Waals surface area contributed by atoms with E-state index in [1.165, 1.54) is 4.90 Å². The molecule has 0 unspecified atom stereocenters. The summed E-state index contributed by atoms with van der Waals surface area (Å²) in [5, 5.41) is 3.79. The lowest BCUT2D eigenvalue weighted by atomic mass is 10.1. The molecule has 0 aromatic heterocycles. The van der Waals surface area contributed by atoms with Crippen LogP contribution in [0.4, 0.5) is 5.69 Å². The van der Waals surface area contributed by atoms with Crippen LogP contribution in [0.25, 0.3) is 0 Å². The Kier molecular flexibility index (Phi) is 9.79. The second-order valence-corrected chi connectivity index (χ2v) is 11.1. The molecule has 0 radical (unpaired) electrons. The van der Waals surface area contributed by atoms with Crippen LogP contribution in [0.5, 0.6) is 0 Å². The molecule has 0 heterocycles. The molecular formula is C24H31Cl2N3O4S. The third-order valence-electron chi connectivity index (χ3n) is 5.27. The fourth-order valence-corrected chi connectivity index (χ4v) is 4.74. The van der Waals surface area contributed by atoms with Crippen LogP contribution in [-0.4, -0.2) is 50.0 Å². The number of benzene rings is 2. The molecule has 0 saturated carbocycles. The van der Waals surface area contributed by atoms with Crippen molar-refractivity contribution in [3.63, 3.8) is 0 Å². The Labute approximate surface area is 212 Å². The van der Waals surface area contributed by atoms with Crippen molar-refractivity contribution in [1.82, 2.24) is 10.2 Å². The molecule has 2 aromatic carbocycles. The monoisotopic (exact) mass is 527 g/mol. The molecule has 0 spiro atoms. The summed E-state index contributed by atoms with van der Waals surface area (Å²) in [6, 6.07) is 10.9. The van der Waals surface area contributed by atoms with Gasteiger partial charge in [0.05, 0.1) is 11.9 Å². The molecule has 0 fully saturated rings. The van der Waals surface area contributed by atoms with Crippen LogP contribution < -0.4 is 9.62 Å². The largest absolute Gasteiger partial charge is 0.352 e. The average Bonchev–Trinajstić information content (AvgIpc) is 2.74. The number of halogens is 2. The molecule has 7 nitrogen and oxygen atoms in total. The Morgan fingerprint density at radius 2 is 1.68 bits per heavy atom. The van der Waals surface area contributed by atoms with Gasteiger partial charge in [-0.25, -0.2) is 8.42 Å². The number of rotatable bonds is 10. The molecule has 2 aromatic rings. The minimum absolute atomic E-state index is 0.115. The Hall–Kier alpha value is -2.29. The van der Waals surface area contributed by atoms with Gasteiger partial charge in [-0.2, -0.15) is 0 Å². The van der Waals surface area contributed by atoms with Crippen LogP contribution in [0, 0.1) is 6.92 Å². The molecule has 0 aliphatic rings. The number of nitrogens with one attached hydrogen (secondary N) is 1. The zero-order valence-electron chi connectivity index (χ0n) is 20.0. The van der Waals surface area contributed by atoms with E-state index in [0.717, 1.165) is 16.1 Å². The number of sulfonamides is 1. The zero-order valence-corrected chi connectivity index (χ0v) is 22.3. The lowest BCUT2D eigenvalue weighted by Gasteiger charge is -2.33. The summed E-state index contributed by atoms with van der Waals surface area (Å²) in [4.78, 5) is 28.0. The van der Waals surface area contributed by atoms with E-state index in [2.05, 4.69) is 5.32 Å². The predicted octanol–water partition coefficient (Wildman–Crippen LogP) is 4.40. The molecule has 0 bridgehead atoms. The maximum Gasteiger partial charge on any atom is 0.244 e. The predicted molar refractivity (Wildman–Crippen MR) is 138 cm³/mol. The number of carbonyl (C=O) groups excluding carboxylic acids is 2. The highest BCUT2D eigenvalue weighted by atomic mass is 35.5. The first-order valence-corrected chi connectivity index (χ1v) is 13.5. The van der Waals surface area contributed by atoms with E-state index in [1.54, 1.807) is 49.4 Å². The standard InChI is InChI=1S/C24H31Cl2N3O4S/c1-6-21(24(31)27-16(2)3)28(14-18-10-12-19(25)13-11-18)23(30)15-29(34(5,32)33)22-9-7-8-20(26)17(22)4/h7-13,16,21H,6,14-15H2,1-5H3,(H,27,31)/t21-/m0/s1. The van der Waals surface area contributed by atoms with Gasteiger partial charge >= 0.3 is 0 Å².